The second-order valence-electron chi connectivity index (χ2n) is 5.29. The molecule has 126 valence electrons. The highest BCUT2D eigenvalue weighted by atomic mass is 32.2. The maximum absolute atomic E-state index is 12.5. The number of hydrogen-bond acceptors (Lipinski definition) is 5. The van der Waals surface area contributed by atoms with Crippen LogP contribution in [0.3, 0.4) is 0 Å². The van der Waals surface area contributed by atoms with E-state index < -0.39 is 10.0 Å². The number of sulfonamides is 1. The third-order valence-corrected chi connectivity index (χ3v) is 6.30. The van der Waals surface area contributed by atoms with E-state index in [4.69, 9.17) is 0 Å². The molecule has 0 spiro atoms. The average Bonchev–Trinajstić information content (AvgIpc) is 3.14. The number of rotatable bonds is 4. The molecule has 1 aromatic carbocycles. The molecule has 1 fully saturated rings. The van der Waals surface area contributed by atoms with Gasteiger partial charge in [-0.05, 0) is 18.2 Å². The number of amides is 1. The molecule has 1 saturated heterocycles. The van der Waals surface area contributed by atoms with E-state index in [1.54, 1.807) is 46.8 Å². The quantitative estimate of drug-likeness (QED) is 0.775. The Morgan fingerprint density at radius 2 is 1.83 bits per heavy atom. The van der Waals surface area contributed by atoms with Gasteiger partial charge in [-0.2, -0.15) is 4.31 Å². The predicted octanol–water partition coefficient (Wildman–Crippen LogP) is 1.69. The van der Waals surface area contributed by atoms with Crippen molar-refractivity contribution in [2.45, 2.75) is 4.90 Å². The van der Waals surface area contributed by atoms with Crippen LogP contribution < -0.4 is 0 Å². The fourth-order valence-electron chi connectivity index (χ4n) is 2.46. The largest absolute Gasteiger partial charge is 0.337 e. The molecule has 1 aliphatic rings. The summed E-state index contributed by atoms with van der Waals surface area (Å²) in [6.07, 6.45) is 3.16. The van der Waals surface area contributed by atoms with Gasteiger partial charge in [-0.15, -0.1) is 11.3 Å². The van der Waals surface area contributed by atoms with Crippen LogP contribution in [-0.4, -0.2) is 54.7 Å². The van der Waals surface area contributed by atoms with Crippen LogP contribution in [0.1, 0.15) is 5.69 Å². The number of benzene rings is 1. The summed E-state index contributed by atoms with van der Waals surface area (Å²) in [5.74, 6) is -0.125. The zero-order valence-corrected chi connectivity index (χ0v) is 14.5. The van der Waals surface area contributed by atoms with Crippen LogP contribution in [0.4, 0.5) is 0 Å². The van der Waals surface area contributed by atoms with E-state index in [1.165, 1.54) is 21.7 Å². The lowest BCUT2D eigenvalue weighted by Gasteiger charge is -2.33. The summed E-state index contributed by atoms with van der Waals surface area (Å²) in [7, 11) is -3.49. The Kier molecular flexibility index (Phi) is 5.08. The van der Waals surface area contributed by atoms with Crippen LogP contribution in [-0.2, 0) is 14.8 Å². The van der Waals surface area contributed by atoms with Crippen LogP contribution in [0, 0.1) is 0 Å². The van der Waals surface area contributed by atoms with Crippen LogP contribution in [0.15, 0.2) is 52.2 Å². The molecule has 3 rings (SSSR count). The van der Waals surface area contributed by atoms with E-state index in [-0.39, 0.29) is 10.8 Å². The van der Waals surface area contributed by atoms with E-state index in [2.05, 4.69) is 4.98 Å². The number of hydrogen-bond donors (Lipinski definition) is 0. The number of piperazine rings is 1. The molecule has 0 atom stereocenters. The van der Waals surface area contributed by atoms with Crippen LogP contribution in [0.2, 0.25) is 0 Å². The molecule has 2 aromatic rings. The van der Waals surface area contributed by atoms with E-state index in [0.717, 1.165) is 5.69 Å². The summed E-state index contributed by atoms with van der Waals surface area (Å²) in [5.41, 5.74) is 2.45. The van der Waals surface area contributed by atoms with Crippen LogP contribution >= 0.6 is 11.3 Å². The number of nitrogens with zero attached hydrogens (tertiary/aromatic N) is 3. The van der Waals surface area contributed by atoms with Crippen molar-refractivity contribution in [1.82, 2.24) is 14.2 Å². The number of carbonyl (C=O) groups excluding carboxylic acids is 1. The first-order chi connectivity index (χ1) is 11.6. The lowest BCUT2D eigenvalue weighted by Crippen LogP contribution is -2.50. The van der Waals surface area contributed by atoms with Crippen molar-refractivity contribution in [2.24, 2.45) is 0 Å². The summed E-state index contributed by atoms with van der Waals surface area (Å²) >= 11 is 1.47. The third kappa shape index (κ3) is 3.72. The lowest BCUT2D eigenvalue weighted by molar-refractivity contribution is -0.127. The molecule has 0 aliphatic carbocycles. The minimum Gasteiger partial charge on any atom is -0.337 e. The van der Waals surface area contributed by atoms with Gasteiger partial charge in [0, 0.05) is 37.6 Å². The lowest BCUT2D eigenvalue weighted by atomic mass is 10.3. The SMILES string of the molecule is O=C(/C=C/c1cscn1)N1CCN(S(=O)(=O)c2ccccc2)CC1. The van der Waals surface area contributed by atoms with Gasteiger partial charge in [0.2, 0.25) is 15.9 Å². The van der Waals surface area contributed by atoms with Gasteiger partial charge in [0.1, 0.15) is 0 Å². The van der Waals surface area contributed by atoms with Gasteiger partial charge in [-0.3, -0.25) is 4.79 Å². The fourth-order valence-corrected chi connectivity index (χ4v) is 4.42. The van der Waals surface area contributed by atoms with Gasteiger partial charge in [0.05, 0.1) is 16.1 Å². The molecular formula is C16H17N3O3S2. The Bertz CT molecular complexity index is 810. The molecular weight excluding hydrogens is 346 g/mol. The molecule has 1 aliphatic heterocycles. The Morgan fingerprint density at radius 3 is 2.46 bits per heavy atom. The van der Waals surface area contributed by atoms with E-state index in [0.29, 0.717) is 26.2 Å². The molecule has 6 nitrogen and oxygen atoms in total. The first-order valence-corrected chi connectivity index (χ1v) is 9.86. The smallest absolute Gasteiger partial charge is 0.246 e. The summed E-state index contributed by atoms with van der Waals surface area (Å²) in [6.45, 7) is 1.36. The molecule has 8 heteroatoms. The summed E-state index contributed by atoms with van der Waals surface area (Å²) in [4.78, 5) is 18.2. The average molecular weight is 363 g/mol. The Morgan fingerprint density at radius 1 is 1.12 bits per heavy atom. The zero-order chi connectivity index (χ0) is 17.0. The van der Waals surface area contributed by atoms with Gasteiger partial charge in [0.25, 0.3) is 0 Å². The number of thiazole rings is 1. The van der Waals surface area contributed by atoms with Crippen molar-refractivity contribution >= 4 is 33.3 Å². The second kappa shape index (κ2) is 7.25. The van der Waals surface area contributed by atoms with Crippen molar-refractivity contribution in [3.05, 3.63) is 53.0 Å². The zero-order valence-electron chi connectivity index (χ0n) is 12.9. The van der Waals surface area contributed by atoms with Gasteiger partial charge >= 0.3 is 0 Å². The Balaban J connectivity index is 1.60. The molecule has 1 amide bonds. The predicted molar refractivity (Wildman–Crippen MR) is 92.9 cm³/mol. The summed E-state index contributed by atoms with van der Waals surface area (Å²) in [5, 5.41) is 1.86. The van der Waals surface area contributed by atoms with E-state index in [9.17, 15) is 13.2 Å². The number of aromatic nitrogens is 1. The maximum Gasteiger partial charge on any atom is 0.246 e. The van der Waals surface area contributed by atoms with Crippen molar-refractivity contribution < 1.29 is 13.2 Å². The topological polar surface area (TPSA) is 70.6 Å². The van der Waals surface area contributed by atoms with Gasteiger partial charge in [-0.25, -0.2) is 13.4 Å². The van der Waals surface area contributed by atoms with Crippen LogP contribution in [0.25, 0.3) is 6.08 Å². The van der Waals surface area contributed by atoms with Crippen molar-refractivity contribution in [2.75, 3.05) is 26.2 Å². The van der Waals surface area contributed by atoms with Gasteiger partial charge < -0.3 is 4.90 Å². The molecule has 24 heavy (non-hydrogen) atoms. The molecule has 0 bridgehead atoms. The van der Waals surface area contributed by atoms with E-state index in [1.807, 2.05) is 5.38 Å². The number of carbonyl (C=O) groups is 1. The van der Waals surface area contributed by atoms with Crippen LogP contribution in [0.5, 0.6) is 0 Å². The van der Waals surface area contributed by atoms with Crippen molar-refractivity contribution in [1.29, 1.82) is 0 Å². The van der Waals surface area contributed by atoms with E-state index >= 15 is 0 Å². The molecule has 1 aromatic heterocycles. The van der Waals surface area contributed by atoms with Crippen molar-refractivity contribution in [3.63, 3.8) is 0 Å². The highest BCUT2D eigenvalue weighted by Gasteiger charge is 2.29. The molecule has 2 heterocycles. The summed E-state index contributed by atoms with van der Waals surface area (Å²) in [6, 6.07) is 8.36. The summed E-state index contributed by atoms with van der Waals surface area (Å²) < 4.78 is 26.5. The minimum absolute atomic E-state index is 0.125. The monoisotopic (exact) mass is 363 g/mol. The Labute approximate surface area is 145 Å². The highest BCUT2D eigenvalue weighted by Crippen LogP contribution is 2.17. The first kappa shape index (κ1) is 16.8. The molecule has 0 saturated carbocycles. The Hall–Kier alpha value is -2.03. The third-order valence-electron chi connectivity index (χ3n) is 3.78. The normalized spacial score (nSPS) is 16.6. The molecule has 0 N–H and O–H groups in total. The van der Waals surface area contributed by atoms with Gasteiger partial charge in [0.15, 0.2) is 0 Å². The molecule has 0 radical (unpaired) electrons. The van der Waals surface area contributed by atoms with Crippen molar-refractivity contribution in [3.8, 4) is 0 Å². The second-order valence-corrected chi connectivity index (χ2v) is 7.95. The highest BCUT2D eigenvalue weighted by molar-refractivity contribution is 7.89. The van der Waals surface area contributed by atoms with Gasteiger partial charge in [-0.1, -0.05) is 18.2 Å². The fraction of sp³-hybridized carbons (Fsp3) is 0.250. The molecule has 0 unspecified atom stereocenters. The maximum atomic E-state index is 12.5. The minimum atomic E-state index is -3.49. The first-order valence-electron chi connectivity index (χ1n) is 7.48. The standard InChI is InChI=1S/C16H17N3O3S2/c20-16(7-6-14-12-23-13-17-14)18-8-10-19(11-9-18)24(21,22)15-4-2-1-3-5-15/h1-7,12-13H,8-11H2/b7-6+.